The average Bonchev–Trinajstić information content (AvgIpc) is 2.72. The summed E-state index contributed by atoms with van der Waals surface area (Å²) in [4.78, 5) is 4.26. The number of hydrogen-bond donors (Lipinski definition) is 2. The average molecular weight is 220 g/mol. The zero-order chi connectivity index (χ0) is 11.4. The molecule has 2 heterocycles. The Morgan fingerprint density at radius 1 is 1.50 bits per heavy atom. The van der Waals surface area contributed by atoms with E-state index in [1.165, 1.54) is 0 Å². The third kappa shape index (κ3) is 2.52. The maximum atomic E-state index is 9.13. The molecular weight excluding hydrogens is 204 g/mol. The lowest BCUT2D eigenvalue weighted by Gasteiger charge is -2.07. The van der Waals surface area contributed by atoms with Crippen LogP contribution in [0.3, 0.4) is 0 Å². The van der Waals surface area contributed by atoms with Gasteiger partial charge in [-0.25, -0.2) is 4.98 Å². The van der Waals surface area contributed by atoms with Crippen molar-refractivity contribution in [2.24, 2.45) is 0 Å². The first-order valence-corrected chi connectivity index (χ1v) is 5.51. The number of aromatic nitrogens is 1. The van der Waals surface area contributed by atoms with Gasteiger partial charge in [0, 0.05) is 12.7 Å². The molecule has 0 saturated carbocycles. The fourth-order valence-corrected chi connectivity index (χ4v) is 1.64. The van der Waals surface area contributed by atoms with Crippen molar-refractivity contribution in [3.05, 3.63) is 24.6 Å². The van der Waals surface area contributed by atoms with E-state index in [0.717, 1.165) is 36.2 Å². The molecule has 2 aromatic rings. The summed E-state index contributed by atoms with van der Waals surface area (Å²) in [5.41, 5.74) is 0.841. The lowest BCUT2D eigenvalue weighted by atomic mass is 10.2. The minimum atomic E-state index is -0.237. The fourth-order valence-electron chi connectivity index (χ4n) is 1.64. The number of nitrogens with zero attached hydrogens (tertiary/aromatic N) is 1. The molecule has 0 aliphatic rings. The van der Waals surface area contributed by atoms with E-state index in [4.69, 9.17) is 9.52 Å². The predicted octanol–water partition coefficient (Wildman–Crippen LogP) is 2.40. The van der Waals surface area contributed by atoms with Gasteiger partial charge in [0.1, 0.15) is 11.4 Å². The van der Waals surface area contributed by atoms with Crippen molar-refractivity contribution < 1.29 is 9.52 Å². The SMILES string of the molecule is CC(O)CCCNc1nccc2occc12. The molecule has 0 aromatic carbocycles. The summed E-state index contributed by atoms with van der Waals surface area (Å²) in [7, 11) is 0. The molecule has 2 N–H and O–H groups in total. The normalized spacial score (nSPS) is 12.9. The highest BCUT2D eigenvalue weighted by atomic mass is 16.3. The van der Waals surface area contributed by atoms with Crippen molar-refractivity contribution in [2.75, 3.05) is 11.9 Å². The Morgan fingerprint density at radius 2 is 2.38 bits per heavy atom. The zero-order valence-corrected chi connectivity index (χ0v) is 9.31. The second kappa shape index (κ2) is 4.99. The molecule has 2 aromatic heterocycles. The Labute approximate surface area is 94.3 Å². The van der Waals surface area contributed by atoms with Crippen LogP contribution < -0.4 is 5.32 Å². The summed E-state index contributed by atoms with van der Waals surface area (Å²) in [5.74, 6) is 0.844. The number of rotatable bonds is 5. The van der Waals surface area contributed by atoms with Gasteiger partial charge in [-0.2, -0.15) is 0 Å². The molecule has 0 spiro atoms. The number of pyridine rings is 1. The number of hydrogen-bond acceptors (Lipinski definition) is 4. The molecule has 0 aliphatic carbocycles. The smallest absolute Gasteiger partial charge is 0.139 e. The van der Waals surface area contributed by atoms with Crippen LogP contribution in [-0.2, 0) is 0 Å². The van der Waals surface area contributed by atoms with E-state index in [1.807, 2.05) is 12.1 Å². The van der Waals surface area contributed by atoms with Crippen LogP contribution in [0.25, 0.3) is 11.0 Å². The van der Waals surface area contributed by atoms with Gasteiger partial charge in [0.2, 0.25) is 0 Å². The van der Waals surface area contributed by atoms with Crippen LogP contribution in [0.2, 0.25) is 0 Å². The molecule has 4 nitrogen and oxygen atoms in total. The Balaban J connectivity index is 1.96. The van der Waals surface area contributed by atoms with E-state index in [9.17, 15) is 0 Å². The molecular formula is C12H16N2O2. The van der Waals surface area contributed by atoms with E-state index >= 15 is 0 Å². The van der Waals surface area contributed by atoms with Crippen LogP contribution in [0.1, 0.15) is 19.8 Å². The molecule has 0 radical (unpaired) electrons. The number of nitrogens with one attached hydrogen (secondary N) is 1. The topological polar surface area (TPSA) is 58.3 Å². The summed E-state index contributed by atoms with van der Waals surface area (Å²) in [6, 6.07) is 3.75. The first-order valence-electron chi connectivity index (χ1n) is 5.51. The van der Waals surface area contributed by atoms with Gasteiger partial charge in [0.25, 0.3) is 0 Å². The molecule has 0 fully saturated rings. The third-order valence-electron chi connectivity index (χ3n) is 2.47. The van der Waals surface area contributed by atoms with Crippen LogP contribution in [0.4, 0.5) is 5.82 Å². The number of aliphatic hydroxyl groups is 1. The van der Waals surface area contributed by atoms with Gasteiger partial charge in [-0.15, -0.1) is 0 Å². The van der Waals surface area contributed by atoms with Crippen molar-refractivity contribution in [2.45, 2.75) is 25.9 Å². The molecule has 0 bridgehead atoms. The van der Waals surface area contributed by atoms with E-state index in [2.05, 4.69) is 10.3 Å². The summed E-state index contributed by atoms with van der Waals surface area (Å²) in [6.07, 6.45) is 4.87. The van der Waals surface area contributed by atoms with Gasteiger partial charge in [-0.3, -0.25) is 0 Å². The fraction of sp³-hybridized carbons (Fsp3) is 0.417. The highest BCUT2D eigenvalue weighted by molar-refractivity contribution is 5.87. The maximum absolute atomic E-state index is 9.13. The summed E-state index contributed by atoms with van der Waals surface area (Å²) >= 11 is 0. The maximum Gasteiger partial charge on any atom is 0.139 e. The molecule has 2 rings (SSSR count). The second-order valence-electron chi connectivity index (χ2n) is 3.91. The Hall–Kier alpha value is -1.55. The van der Waals surface area contributed by atoms with Gasteiger partial charge in [-0.1, -0.05) is 0 Å². The van der Waals surface area contributed by atoms with Crippen LogP contribution in [-0.4, -0.2) is 22.7 Å². The summed E-state index contributed by atoms with van der Waals surface area (Å²) in [6.45, 7) is 2.61. The number of anilines is 1. The van der Waals surface area contributed by atoms with Gasteiger partial charge in [-0.05, 0) is 31.9 Å². The molecule has 1 atom stereocenters. The second-order valence-corrected chi connectivity index (χ2v) is 3.91. The van der Waals surface area contributed by atoms with Gasteiger partial charge in [0.15, 0.2) is 0 Å². The number of fused-ring (bicyclic) bond motifs is 1. The summed E-state index contributed by atoms with van der Waals surface area (Å²) < 4.78 is 5.28. The first kappa shape index (κ1) is 11.0. The molecule has 1 unspecified atom stereocenters. The van der Waals surface area contributed by atoms with Crippen molar-refractivity contribution in [1.29, 1.82) is 0 Å². The predicted molar refractivity (Wildman–Crippen MR) is 63.4 cm³/mol. The van der Waals surface area contributed by atoms with Crippen LogP contribution >= 0.6 is 0 Å². The monoisotopic (exact) mass is 220 g/mol. The Morgan fingerprint density at radius 3 is 3.19 bits per heavy atom. The third-order valence-corrected chi connectivity index (χ3v) is 2.47. The minimum Gasteiger partial charge on any atom is -0.464 e. The quantitative estimate of drug-likeness (QED) is 0.760. The van der Waals surface area contributed by atoms with E-state index in [1.54, 1.807) is 19.4 Å². The highest BCUT2D eigenvalue weighted by Gasteiger charge is 2.03. The molecule has 4 heteroatoms. The Kier molecular flexibility index (Phi) is 3.41. The number of furan rings is 1. The zero-order valence-electron chi connectivity index (χ0n) is 9.31. The van der Waals surface area contributed by atoms with Gasteiger partial charge >= 0.3 is 0 Å². The minimum absolute atomic E-state index is 0.237. The lowest BCUT2D eigenvalue weighted by Crippen LogP contribution is -2.07. The highest BCUT2D eigenvalue weighted by Crippen LogP contribution is 2.21. The van der Waals surface area contributed by atoms with Crippen molar-refractivity contribution in [3.8, 4) is 0 Å². The first-order chi connectivity index (χ1) is 7.77. The van der Waals surface area contributed by atoms with Crippen LogP contribution in [0, 0.1) is 0 Å². The van der Waals surface area contributed by atoms with E-state index < -0.39 is 0 Å². The van der Waals surface area contributed by atoms with E-state index in [0.29, 0.717) is 0 Å². The van der Waals surface area contributed by atoms with E-state index in [-0.39, 0.29) is 6.10 Å². The van der Waals surface area contributed by atoms with Crippen LogP contribution in [0.15, 0.2) is 29.0 Å². The summed E-state index contributed by atoms with van der Waals surface area (Å²) in [5, 5.41) is 13.4. The molecule has 0 aliphatic heterocycles. The van der Waals surface area contributed by atoms with Crippen LogP contribution in [0.5, 0.6) is 0 Å². The van der Waals surface area contributed by atoms with Gasteiger partial charge < -0.3 is 14.8 Å². The van der Waals surface area contributed by atoms with Crippen molar-refractivity contribution >= 4 is 16.8 Å². The largest absolute Gasteiger partial charge is 0.464 e. The van der Waals surface area contributed by atoms with Crippen molar-refractivity contribution in [1.82, 2.24) is 4.98 Å². The standard InChI is InChI=1S/C12H16N2O2/c1-9(15)3-2-6-13-12-10-5-8-16-11(10)4-7-14-12/h4-5,7-9,15H,2-3,6H2,1H3,(H,13,14). The molecule has 86 valence electrons. The number of aliphatic hydroxyl groups excluding tert-OH is 1. The molecule has 16 heavy (non-hydrogen) atoms. The molecule has 0 saturated heterocycles. The molecule has 0 amide bonds. The Bertz CT molecular complexity index is 451. The van der Waals surface area contributed by atoms with Gasteiger partial charge in [0.05, 0.1) is 17.8 Å². The van der Waals surface area contributed by atoms with Crippen molar-refractivity contribution in [3.63, 3.8) is 0 Å². The lowest BCUT2D eigenvalue weighted by molar-refractivity contribution is 0.183.